The molecule has 0 radical (unpaired) electrons. The highest BCUT2D eigenvalue weighted by Crippen LogP contribution is 2.38. The Bertz CT molecular complexity index is 1270. The summed E-state index contributed by atoms with van der Waals surface area (Å²) in [4.78, 5) is 0.190. The van der Waals surface area contributed by atoms with Crippen LogP contribution in [0.25, 0.3) is 10.8 Å². The third-order valence-corrected chi connectivity index (χ3v) is 7.65. The molecule has 1 aliphatic rings. The fourth-order valence-electron chi connectivity index (χ4n) is 3.56. The molecule has 1 atom stereocenters. The van der Waals surface area contributed by atoms with Crippen LogP contribution in [0, 0.1) is 0 Å². The molecule has 0 amide bonds. The summed E-state index contributed by atoms with van der Waals surface area (Å²) in [7, 11) is -7.63. The maximum Gasteiger partial charge on any atom is 0.264 e. The molecule has 6 nitrogen and oxygen atoms in total. The molecule has 8 heteroatoms. The molecule has 0 saturated heterocycles. The standard InChI is InChI=1S/C19H18N2O4S2/c1-13-10-16-12-17(26(20,22)23)8-9-19(16)21(13)27(24,25)18-7-6-14-4-2-3-5-15(14)11-18/h2-9,11-13H,10H2,1H3,(H2,20,22,23). The van der Waals surface area contributed by atoms with Gasteiger partial charge in [0.2, 0.25) is 10.0 Å². The lowest BCUT2D eigenvalue weighted by Gasteiger charge is -2.24. The summed E-state index contributed by atoms with van der Waals surface area (Å²) >= 11 is 0. The van der Waals surface area contributed by atoms with Crippen LogP contribution in [-0.4, -0.2) is 22.9 Å². The third-order valence-electron chi connectivity index (χ3n) is 4.81. The van der Waals surface area contributed by atoms with Gasteiger partial charge in [-0.1, -0.05) is 30.3 Å². The molecule has 0 aliphatic carbocycles. The van der Waals surface area contributed by atoms with Gasteiger partial charge >= 0.3 is 0 Å². The van der Waals surface area contributed by atoms with Crippen molar-refractivity contribution in [2.45, 2.75) is 29.2 Å². The minimum atomic E-state index is -3.84. The molecule has 0 aromatic heterocycles. The van der Waals surface area contributed by atoms with Crippen LogP contribution in [-0.2, 0) is 26.5 Å². The zero-order valence-electron chi connectivity index (χ0n) is 14.5. The zero-order chi connectivity index (χ0) is 19.4. The Morgan fingerprint density at radius 3 is 2.26 bits per heavy atom. The highest BCUT2D eigenvalue weighted by atomic mass is 32.2. The van der Waals surface area contributed by atoms with Crippen LogP contribution in [0.5, 0.6) is 0 Å². The van der Waals surface area contributed by atoms with E-state index in [1.165, 1.54) is 22.5 Å². The molecule has 2 N–H and O–H groups in total. The monoisotopic (exact) mass is 402 g/mol. The molecule has 0 spiro atoms. The lowest BCUT2D eigenvalue weighted by Crippen LogP contribution is -2.35. The van der Waals surface area contributed by atoms with Crippen molar-refractivity contribution in [3.05, 3.63) is 66.2 Å². The van der Waals surface area contributed by atoms with E-state index in [0.717, 1.165) is 10.8 Å². The molecule has 4 rings (SSSR count). The Morgan fingerprint density at radius 2 is 1.56 bits per heavy atom. The van der Waals surface area contributed by atoms with Crippen LogP contribution in [0.1, 0.15) is 12.5 Å². The molecule has 140 valence electrons. The lowest BCUT2D eigenvalue weighted by molar-refractivity contribution is 0.584. The molecule has 27 heavy (non-hydrogen) atoms. The summed E-state index contributed by atoms with van der Waals surface area (Å²) < 4.78 is 51.2. The SMILES string of the molecule is CC1Cc2cc(S(N)(=O)=O)ccc2N1S(=O)(=O)c1ccc2ccccc2c1. The van der Waals surface area contributed by atoms with Crippen molar-refractivity contribution in [3.63, 3.8) is 0 Å². The molecular weight excluding hydrogens is 384 g/mol. The highest BCUT2D eigenvalue weighted by molar-refractivity contribution is 7.93. The molecule has 1 aliphatic heterocycles. The fourth-order valence-corrected chi connectivity index (χ4v) is 5.86. The molecule has 0 fully saturated rings. The first-order chi connectivity index (χ1) is 12.7. The molecule has 1 heterocycles. The van der Waals surface area contributed by atoms with Crippen molar-refractivity contribution < 1.29 is 16.8 Å². The topological polar surface area (TPSA) is 97.5 Å². The number of sulfonamides is 2. The first kappa shape index (κ1) is 18.0. The van der Waals surface area contributed by atoms with E-state index in [2.05, 4.69) is 0 Å². The van der Waals surface area contributed by atoms with Crippen molar-refractivity contribution in [1.82, 2.24) is 0 Å². The molecule has 1 unspecified atom stereocenters. The average molecular weight is 402 g/mol. The molecule has 0 bridgehead atoms. The Labute approximate surface area is 158 Å². The van der Waals surface area contributed by atoms with E-state index in [1.807, 2.05) is 24.3 Å². The number of primary sulfonamides is 1. The summed E-state index contributed by atoms with van der Waals surface area (Å²) in [5, 5.41) is 7.00. The second kappa shape index (κ2) is 6.05. The third kappa shape index (κ3) is 2.99. The summed E-state index contributed by atoms with van der Waals surface area (Å²) in [6.45, 7) is 1.80. The number of anilines is 1. The minimum Gasteiger partial charge on any atom is -0.263 e. The smallest absolute Gasteiger partial charge is 0.263 e. The van der Waals surface area contributed by atoms with Gasteiger partial charge in [-0.2, -0.15) is 0 Å². The zero-order valence-corrected chi connectivity index (χ0v) is 16.2. The highest BCUT2D eigenvalue weighted by Gasteiger charge is 2.36. The molecule has 3 aromatic rings. The van der Waals surface area contributed by atoms with Gasteiger partial charge in [-0.25, -0.2) is 22.0 Å². The molecule has 3 aromatic carbocycles. The van der Waals surface area contributed by atoms with Gasteiger partial charge in [0.25, 0.3) is 10.0 Å². The number of fused-ring (bicyclic) bond motifs is 2. The Kier molecular flexibility index (Phi) is 4.03. The lowest BCUT2D eigenvalue weighted by atomic mass is 10.1. The number of benzene rings is 3. The number of rotatable bonds is 3. The van der Waals surface area contributed by atoms with E-state index in [-0.39, 0.29) is 15.8 Å². The molecular formula is C19H18N2O4S2. The average Bonchev–Trinajstić information content (AvgIpc) is 2.96. The van der Waals surface area contributed by atoms with Gasteiger partial charge in [-0.3, -0.25) is 4.31 Å². The van der Waals surface area contributed by atoms with Crippen molar-refractivity contribution in [3.8, 4) is 0 Å². The fraction of sp³-hybridized carbons (Fsp3) is 0.158. The first-order valence-electron chi connectivity index (χ1n) is 8.37. The van der Waals surface area contributed by atoms with Gasteiger partial charge < -0.3 is 0 Å². The van der Waals surface area contributed by atoms with Crippen molar-refractivity contribution in [2.24, 2.45) is 5.14 Å². The second-order valence-corrected chi connectivity index (χ2v) is 10.1. The van der Waals surface area contributed by atoms with E-state index >= 15 is 0 Å². The first-order valence-corrected chi connectivity index (χ1v) is 11.4. The predicted octanol–water partition coefficient (Wildman–Crippen LogP) is 2.63. The van der Waals surface area contributed by atoms with Gasteiger partial charge in [0.05, 0.1) is 15.5 Å². The Morgan fingerprint density at radius 1 is 0.889 bits per heavy atom. The maximum atomic E-state index is 13.3. The van der Waals surface area contributed by atoms with Crippen LogP contribution >= 0.6 is 0 Å². The normalized spacial score (nSPS) is 17.3. The van der Waals surface area contributed by atoms with Crippen LogP contribution in [0.15, 0.2) is 70.5 Å². The van der Waals surface area contributed by atoms with Gasteiger partial charge in [0.1, 0.15) is 0 Å². The number of nitrogens with zero attached hydrogens (tertiary/aromatic N) is 1. The maximum absolute atomic E-state index is 13.3. The van der Waals surface area contributed by atoms with E-state index in [1.54, 1.807) is 25.1 Å². The largest absolute Gasteiger partial charge is 0.264 e. The van der Waals surface area contributed by atoms with Crippen molar-refractivity contribution >= 4 is 36.5 Å². The summed E-state index contributed by atoms with van der Waals surface area (Å²) in [5.74, 6) is 0. The quantitative estimate of drug-likeness (QED) is 0.728. The second-order valence-electron chi connectivity index (χ2n) is 6.70. The Balaban J connectivity index is 1.83. The van der Waals surface area contributed by atoms with Crippen LogP contribution in [0.2, 0.25) is 0 Å². The van der Waals surface area contributed by atoms with Gasteiger partial charge in [-0.15, -0.1) is 0 Å². The minimum absolute atomic E-state index is 0.0154. The van der Waals surface area contributed by atoms with Gasteiger partial charge in [0, 0.05) is 6.04 Å². The summed E-state index contributed by atoms with van der Waals surface area (Å²) in [5.41, 5.74) is 1.14. The number of nitrogens with two attached hydrogens (primary N) is 1. The van der Waals surface area contributed by atoms with E-state index < -0.39 is 20.0 Å². The summed E-state index contributed by atoms with van der Waals surface area (Å²) in [6, 6.07) is 16.6. The van der Waals surface area contributed by atoms with E-state index in [0.29, 0.717) is 17.7 Å². The van der Waals surface area contributed by atoms with Crippen molar-refractivity contribution in [1.29, 1.82) is 0 Å². The Hall–Kier alpha value is -2.42. The van der Waals surface area contributed by atoms with Gasteiger partial charge in [0.15, 0.2) is 0 Å². The molecule has 0 saturated carbocycles. The number of hydrogen-bond donors (Lipinski definition) is 1. The van der Waals surface area contributed by atoms with Crippen LogP contribution in [0.4, 0.5) is 5.69 Å². The van der Waals surface area contributed by atoms with E-state index in [4.69, 9.17) is 5.14 Å². The predicted molar refractivity (Wildman–Crippen MR) is 105 cm³/mol. The van der Waals surface area contributed by atoms with Crippen molar-refractivity contribution in [2.75, 3.05) is 4.31 Å². The summed E-state index contributed by atoms with van der Waals surface area (Å²) in [6.07, 6.45) is 0.422. The van der Waals surface area contributed by atoms with Crippen LogP contribution < -0.4 is 9.44 Å². The van der Waals surface area contributed by atoms with Gasteiger partial charge in [-0.05, 0) is 60.0 Å². The number of hydrogen-bond acceptors (Lipinski definition) is 4. The van der Waals surface area contributed by atoms with E-state index in [9.17, 15) is 16.8 Å². The van der Waals surface area contributed by atoms with Crippen LogP contribution in [0.3, 0.4) is 0 Å².